The van der Waals surface area contributed by atoms with E-state index in [4.69, 9.17) is 0 Å². The molecule has 23 heavy (non-hydrogen) atoms. The Morgan fingerprint density at radius 2 is 2.22 bits per heavy atom. The smallest absolute Gasteiger partial charge is 0.387 e. The van der Waals surface area contributed by atoms with Crippen molar-refractivity contribution in [3.8, 4) is 5.75 Å². The third-order valence-electron chi connectivity index (χ3n) is 3.72. The molecule has 0 spiro atoms. The number of benzene rings is 1. The lowest BCUT2D eigenvalue weighted by atomic mass is 10.2. The third-order valence-corrected chi connectivity index (χ3v) is 3.72. The Labute approximate surface area is 135 Å². The fourth-order valence-electron chi connectivity index (χ4n) is 2.64. The first kappa shape index (κ1) is 17.3. The maximum Gasteiger partial charge on any atom is 0.387 e. The van der Waals surface area contributed by atoms with E-state index in [0.717, 1.165) is 38.4 Å². The van der Waals surface area contributed by atoms with Crippen molar-refractivity contribution in [1.29, 1.82) is 0 Å². The monoisotopic (exact) mass is 326 g/mol. The maximum absolute atomic E-state index is 12.5. The Bertz CT molecular complexity index is 525. The molecule has 1 atom stereocenters. The number of anilines is 1. The largest absolute Gasteiger partial charge is 0.433 e. The van der Waals surface area contributed by atoms with Crippen molar-refractivity contribution in [3.63, 3.8) is 0 Å². The minimum Gasteiger partial charge on any atom is -0.433 e. The lowest BCUT2D eigenvalue weighted by molar-refractivity contribution is -0.0495. The molecule has 5 nitrogen and oxygen atoms in total. The second kappa shape index (κ2) is 8.55. The predicted octanol–water partition coefficient (Wildman–Crippen LogP) is 2.44. The molecule has 1 fully saturated rings. The van der Waals surface area contributed by atoms with Gasteiger partial charge in [0.15, 0.2) is 5.96 Å². The van der Waals surface area contributed by atoms with E-state index in [1.165, 1.54) is 0 Å². The zero-order chi connectivity index (χ0) is 16.7. The van der Waals surface area contributed by atoms with Gasteiger partial charge in [-0.1, -0.05) is 19.1 Å². The van der Waals surface area contributed by atoms with Gasteiger partial charge < -0.3 is 20.3 Å². The molecule has 7 heteroatoms. The van der Waals surface area contributed by atoms with Gasteiger partial charge in [0.25, 0.3) is 0 Å². The summed E-state index contributed by atoms with van der Waals surface area (Å²) in [5.41, 5.74) is 0.702. The summed E-state index contributed by atoms with van der Waals surface area (Å²) in [5, 5.41) is 6.60. The quantitative estimate of drug-likeness (QED) is 0.623. The molecule has 2 N–H and O–H groups in total. The molecule has 0 radical (unpaired) electrons. The number of alkyl halides is 2. The number of halogens is 2. The number of ether oxygens (including phenoxy) is 1. The van der Waals surface area contributed by atoms with Crippen LogP contribution >= 0.6 is 0 Å². The third kappa shape index (κ3) is 4.97. The number of guanidine groups is 1. The molecule has 0 aliphatic carbocycles. The SMILES string of the molecule is CCCNC(=NC)NC1CCN(c2ccccc2OC(F)F)C1. The van der Waals surface area contributed by atoms with Gasteiger partial charge in [-0.3, -0.25) is 4.99 Å². The minimum absolute atomic E-state index is 0.219. The van der Waals surface area contributed by atoms with Crippen LogP contribution in [0.1, 0.15) is 19.8 Å². The Kier molecular flexibility index (Phi) is 6.43. The normalized spacial score (nSPS) is 18.4. The molecular formula is C16H24F2N4O. The summed E-state index contributed by atoms with van der Waals surface area (Å²) in [6.07, 6.45) is 1.94. The Morgan fingerprint density at radius 1 is 1.43 bits per heavy atom. The molecule has 2 rings (SSSR count). The van der Waals surface area contributed by atoms with Crippen LogP contribution in [0.15, 0.2) is 29.3 Å². The highest BCUT2D eigenvalue weighted by Gasteiger charge is 2.25. The molecule has 1 saturated heterocycles. The van der Waals surface area contributed by atoms with E-state index in [0.29, 0.717) is 5.69 Å². The van der Waals surface area contributed by atoms with Gasteiger partial charge >= 0.3 is 6.61 Å². The molecule has 0 aromatic heterocycles. The van der Waals surface area contributed by atoms with Crippen LogP contribution < -0.4 is 20.3 Å². The molecule has 1 aromatic rings. The van der Waals surface area contributed by atoms with Crippen LogP contribution in [0.4, 0.5) is 14.5 Å². The number of hydrogen-bond donors (Lipinski definition) is 2. The fourth-order valence-corrected chi connectivity index (χ4v) is 2.64. The van der Waals surface area contributed by atoms with Crippen molar-refractivity contribution in [2.75, 3.05) is 31.6 Å². The van der Waals surface area contributed by atoms with Gasteiger partial charge in [0.2, 0.25) is 0 Å². The van der Waals surface area contributed by atoms with Crippen molar-refractivity contribution < 1.29 is 13.5 Å². The van der Waals surface area contributed by atoms with Crippen LogP contribution in [-0.4, -0.2) is 45.3 Å². The molecule has 1 unspecified atom stereocenters. The van der Waals surface area contributed by atoms with Crippen LogP contribution in [0.3, 0.4) is 0 Å². The average Bonchev–Trinajstić information content (AvgIpc) is 2.99. The van der Waals surface area contributed by atoms with Gasteiger partial charge in [-0.15, -0.1) is 0 Å². The highest BCUT2D eigenvalue weighted by atomic mass is 19.3. The molecule has 1 aliphatic rings. The Balaban J connectivity index is 1.97. The van der Waals surface area contributed by atoms with E-state index in [9.17, 15) is 8.78 Å². The van der Waals surface area contributed by atoms with Gasteiger partial charge in [0.05, 0.1) is 5.69 Å². The number of nitrogens with one attached hydrogen (secondary N) is 2. The summed E-state index contributed by atoms with van der Waals surface area (Å²) in [5.74, 6) is 0.993. The standard InChI is InChI=1S/C16H24F2N4O/c1-3-9-20-16(19-2)21-12-8-10-22(11-12)13-6-4-5-7-14(13)23-15(17)18/h4-7,12,15H,3,8-11H2,1-2H3,(H2,19,20,21). The van der Waals surface area contributed by atoms with Gasteiger partial charge in [0.1, 0.15) is 5.75 Å². The van der Waals surface area contributed by atoms with Crippen molar-refractivity contribution in [2.45, 2.75) is 32.4 Å². The number of para-hydroxylation sites is 2. The second-order valence-corrected chi connectivity index (χ2v) is 5.42. The Morgan fingerprint density at radius 3 is 2.91 bits per heavy atom. The maximum atomic E-state index is 12.5. The number of nitrogens with zero attached hydrogens (tertiary/aromatic N) is 2. The predicted molar refractivity (Wildman–Crippen MR) is 88.5 cm³/mol. The summed E-state index contributed by atoms with van der Waals surface area (Å²) in [6.45, 7) is 1.64. The molecule has 128 valence electrons. The molecule has 0 saturated carbocycles. The van der Waals surface area contributed by atoms with Crippen LogP contribution in [-0.2, 0) is 0 Å². The number of aliphatic imine (C=N–C) groups is 1. The topological polar surface area (TPSA) is 48.9 Å². The summed E-state index contributed by atoms with van der Waals surface area (Å²) >= 11 is 0. The van der Waals surface area contributed by atoms with Crippen molar-refractivity contribution in [3.05, 3.63) is 24.3 Å². The van der Waals surface area contributed by atoms with E-state index >= 15 is 0 Å². The lowest BCUT2D eigenvalue weighted by Crippen LogP contribution is -2.44. The summed E-state index contributed by atoms with van der Waals surface area (Å²) in [7, 11) is 1.74. The second-order valence-electron chi connectivity index (χ2n) is 5.42. The zero-order valence-electron chi connectivity index (χ0n) is 13.6. The number of rotatable bonds is 6. The first-order valence-corrected chi connectivity index (χ1v) is 7.90. The Hall–Kier alpha value is -2.05. The summed E-state index contributed by atoms with van der Waals surface area (Å²) in [6, 6.07) is 7.13. The first-order chi connectivity index (χ1) is 11.1. The van der Waals surface area contributed by atoms with Crippen LogP contribution in [0.25, 0.3) is 0 Å². The fraction of sp³-hybridized carbons (Fsp3) is 0.562. The molecule has 0 bridgehead atoms. The minimum atomic E-state index is -2.82. The summed E-state index contributed by atoms with van der Waals surface area (Å²) < 4.78 is 29.7. The van der Waals surface area contributed by atoms with Crippen LogP contribution in [0, 0.1) is 0 Å². The van der Waals surface area contributed by atoms with Crippen molar-refractivity contribution in [2.24, 2.45) is 4.99 Å². The summed E-state index contributed by atoms with van der Waals surface area (Å²) in [4.78, 5) is 6.25. The van der Waals surface area contributed by atoms with Crippen molar-refractivity contribution in [1.82, 2.24) is 10.6 Å². The molecule has 1 aromatic carbocycles. The zero-order valence-corrected chi connectivity index (χ0v) is 13.6. The van der Waals surface area contributed by atoms with Crippen molar-refractivity contribution >= 4 is 11.6 Å². The van der Waals surface area contributed by atoms with E-state index in [-0.39, 0.29) is 11.8 Å². The molecular weight excluding hydrogens is 302 g/mol. The van der Waals surface area contributed by atoms with Crippen LogP contribution in [0.5, 0.6) is 5.75 Å². The average molecular weight is 326 g/mol. The van der Waals surface area contributed by atoms with E-state index in [1.54, 1.807) is 19.2 Å². The van der Waals surface area contributed by atoms with Gasteiger partial charge in [-0.2, -0.15) is 8.78 Å². The van der Waals surface area contributed by atoms with E-state index in [1.807, 2.05) is 12.1 Å². The van der Waals surface area contributed by atoms with E-state index in [2.05, 4.69) is 32.2 Å². The molecule has 0 amide bonds. The molecule has 1 heterocycles. The molecule has 1 aliphatic heterocycles. The number of hydrogen-bond acceptors (Lipinski definition) is 3. The highest BCUT2D eigenvalue weighted by molar-refractivity contribution is 5.80. The lowest BCUT2D eigenvalue weighted by Gasteiger charge is -2.22. The van der Waals surface area contributed by atoms with Gasteiger partial charge in [0, 0.05) is 32.7 Å². The van der Waals surface area contributed by atoms with Gasteiger partial charge in [-0.05, 0) is 25.0 Å². The van der Waals surface area contributed by atoms with Crippen LogP contribution in [0.2, 0.25) is 0 Å². The first-order valence-electron chi connectivity index (χ1n) is 7.90. The van der Waals surface area contributed by atoms with E-state index < -0.39 is 6.61 Å². The van der Waals surface area contributed by atoms with Gasteiger partial charge in [-0.25, -0.2) is 0 Å². The highest BCUT2D eigenvalue weighted by Crippen LogP contribution is 2.31.